The minimum Gasteiger partial charge on any atom is -0.326 e. The minimum absolute atomic E-state index is 0.0222. The molecular formula is C17H13Cl2FN2O2. The maximum Gasteiger partial charge on any atom is 0.257 e. The number of carbonyl (C=O) groups excluding carboxylic acids is 2. The van der Waals surface area contributed by atoms with Crippen LogP contribution in [-0.2, 0) is 4.79 Å². The predicted molar refractivity (Wildman–Crippen MR) is 92.2 cm³/mol. The third kappa shape index (κ3) is 3.86. The van der Waals surface area contributed by atoms with Gasteiger partial charge in [0.15, 0.2) is 0 Å². The van der Waals surface area contributed by atoms with Crippen LogP contribution in [0.25, 0.3) is 0 Å². The SMILES string of the molecule is O=C(Nc1cccc(NC(=O)C2CC2)c1)c1cc(F)c(Cl)cc1Cl. The molecule has 1 fully saturated rings. The van der Waals surface area contributed by atoms with Crippen LogP contribution in [0.15, 0.2) is 36.4 Å². The zero-order chi connectivity index (χ0) is 17.3. The molecule has 0 saturated heterocycles. The smallest absolute Gasteiger partial charge is 0.257 e. The molecule has 0 unspecified atom stereocenters. The average molecular weight is 367 g/mol. The lowest BCUT2D eigenvalue weighted by atomic mass is 10.2. The van der Waals surface area contributed by atoms with Crippen LogP contribution in [0.1, 0.15) is 23.2 Å². The third-order valence-corrected chi connectivity index (χ3v) is 4.19. The molecule has 4 nitrogen and oxygen atoms in total. The molecule has 1 aliphatic rings. The van der Waals surface area contributed by atoms with E-state index >= 15 is 0 Å². The van der Waals surface area contributed by atoms with Crippen molar-refractivity contribution in [2.45, 2.75) is 12.8 Å². The predicted octanol–water partition coefficient (Wildman–Crippen LogP) is 4.73. The van der Waals surface area contributed by atoms with Crippen molar-refractivity contribution in [3.63, 3.8) is 0 Å². The van der Waals surface area contributed by atoms with E-state index in [2.05, 4.69) is 10.6 Å². The molecular weight excluding hydrogens is 354 g/mol. The van der Waals surface area contributed by atoms with Crippen LogP contribution in [0.4, 0.5) is 15.8 Å². The summed E-state index contributed by atoms with van der Waals surface area (Å²) in [4.78, 5) is 24.0. The van der Waals surface area contributed by atoms with Crippen molar-refractivity contribution in [3.8, 4) is 0 Å². The van der Waals surface area contributed by atoms with Gasteiger partial charge in [-0.25, -0.2) is 4.39 Å². The van der Waals surface area contributed by atoms with Gasteiger partial charge in [-0.2, -0.15) is 0 Å². The molecule has 24 heavy (non-hydrogen) atoms. The largest absolute Gasteiger partial charge is 0.326 e. The fourth-order valence-corrected chi connectivity index (χ4v) is 2.63. The molecule has 7 heteroatoms. The Balaban J connectivity index is 1.74. The van der Waals surface area contributed by atoms with Gasteiger partial charge in [-0.15, -0.1) is 0 Å². The van der Waals surface area contributed by atoms with Gasteiger partial charge in [-0.1, -0.05) is 29.3 Å². The molecule has 0 spiro atoms. The Morgan fingerprint density at radius 2 is 1.67 bits per heavy atom. The molecule has 0 radical (unpaired) electrons. The summed E-state index contributed by atoms with van der Waals surface area (Å²) >= 11 is 11.6. The highest BCUT2D eigenvalue weighted by Gasteiger charge is 2.29. The van der Waals surface area contributed by atoms with Crippen LogP contribution in [-0.4, -0.2) is 11.8 Å². The lowest BCUT2D eigenvalue weighted by molar-refractivity contribution is -0.117. The second-order valence-electron chi connectivity index (χ2n) is 5.54. The van der Waals surface area contributed by atoms with Gasteiger partial charge < -0.3 is 10.6 Å². The van der Waals surface area contributed by atoms with E-state index in [0.717, 1.165) is 18.9 Å². The summed E-state index contributed by atoms with van der Waals surface area (Å²) in [5.41, 5.74) is 1.02. The maximum atomic E-state index is 13.5. The highest BCUT2D eigenvalue weighted by atomic mass is 35.5. The topological polar surface area (TPSA) is 58.2 Å². The lowest BCUT2D eigenvalue weighted by Crippen LogP contribution is -2.15. The van der Waals surface area contributed by atoms with E-state index in [1.54, 1.807) is 24.3 Å². The Hall–Kier alpha value is -2.11. The van der Waals surface area contributed by atoms with Crippen LogP contribution >= 0.6 is 23.2 Å². The first-order valence-electron chi connectivity index (χ1n) is 7.31. The fraction of sp³-hybridized carbons (Fsp3) is 0.176. The summed E-state index contributed by atoms with van der Waals surface area (Å²) in [6.45, 7) is 0. The zero-order valence-corrected chi connectivity index (χ0v) is 13.9. The molecule has 3 rings (SSSR count). The molecule has 0 heterocycles. The van der Waals surface area contributed by atoms with Crippen molar-refractivity contribution < 1.29 is 14.0 Å². The highest BCUT2D eigenvalue weighted by Crippen LogP contribution is 2.30. The van der Waals surface area contributed by atoms with Gasteiger partial charge in [0.1, 0.15) is 5.82 Å². The van der Waals surface area contributed by atoms with Crippen LogP contribution in [0.5, 0.6) is 0 Å². The highest BCUT2D eigenvalue weighted by molar-refractivity contribution is 6.37. The minimum atomic E-state index is -0.725. The third-order valence-electron chi connectivity index (χ3n) is 3.59. The number of benzene rings is 2. The first-order valence-corrected chi connectivity index (χ1v) is 8.06. The number of hydrogen-bond donors (Lipinski definition) is 2. The molecule has 1 saturated carbocycles. The molecule has 0 atom stereocenters. The molecule has 2 N–H and O–H groups in total. The number of nitrogens with one attached hydrogen (secondary N) is 2. The summed E-state index contributed by atoms with van der Waals surface area (Å²) in [5, 5.41) is 5.31. The number of halogens is 3. The zero-order valence-electron chi connectivity index (χ0n) is 12.4. The number of rotatable bonds is 4. The molecule has 1 aliphatic carbocycles. The lowest BCUT2D eigenvalue weighted by Gasteiger charge is -2.10. The summed E-state index contributed by atoms with van der Waals surface area (Å²) in [5.74, 6) is -1.24. The number of anilines is 2. The maximum absolute atomic E-state index is 13.5. The second kappa shape index (κ2) is 6.79. The molecule has 0 bridgehead atoms. The Morgan fingerprint density at radius 1 is 1.00 bits per heavy atom. The van der Waals surface area contributed by atoms with Gasteiger partial charge in [-0.05, 0) is 43.2 Å². The molecule has 124 valence electrons. The van der Waals surface area contributed by atoms with Crippen LogP contribution in [0, 0.1) is 11.7 Å². The number of hydrogen-bond acceptors (Lipinski definition) is 2. The van der Waals surface area contributed by atoms with E-state index in [0.29, 0.717) is 11.4 Å². The fourth-order valence-electron chi connectivity index (χ4n) is 2.16. The summed E-state index contributed by atoms with van der Waals surface area (Å²) in [6.07, 6.45) is 1.81. The van der Waals surface area contributed by atoms with E-state index in [1.807, 2.05) is 0 Å². The van der Waals surface area contributed by atoms with Crippen molar-refractivity contribution in [2.75, 3.05) is 10.6 Å². The van der Waals surface area contributed by atoms with Gasteiger partial charge >= 0.3 is 0 Å². The molecule has 0 aliphatic heterocycles. The van der Waals surface area contributed by atoms with Gasteiger partial charge in [0.2, 0.25) is 5.91 Å². The van der Waals surface area contributed by atoms with Crippen molar-refractivity contribution >= 4 is 46.4 Å². The van der Waals surface area contributed by atoms with Crippen LogP contribution in [0.2, 0.25) is 10.0 Å². The average Bonchev–Trinajstić information content (AvgIpc) is 3.36. The van der Waals surface area contributed by atoms with Crippen LogP contribution < -0.4 is 10.6 Å². The van der Waals surface area contributed by atoms with Gasteiger partial charge in [-0.3, -0.25) is 9.59 Å². The van der Waals surface area contributed by atoms with Crippen molar-refractivity contribution in [1.29, 1.82) is 0 Å². The number of amides is 2. The van der Waals surface area contributed by atoms with E-state index in [4.69, 9.17) is 23.2 Å². The van der Waals surface area contributed by atoms with E-state index < -0.39 is 11.7 Å². The summed E-state index contributed by atoms with van der Waals surface area (Å²) < 4.78 is 13.5. The van der Waals surface area contributed by atoms with Gasteiger partial charge in [0, 0.05) is 17.3 Å². The second-order valence-corrected chi connectivity index (χ2v) is 6.36. The van der Waals surface area contributed by atoms with E-state index in [-0.39, 0.29) is 27.4 Å². The quantitative estimate of drug-likeness (QED) is 0.768. The first-order chi connectivity index (χ1) is 11.4. The Morgan fingerprint density at radius 3 is 2.33 bits per heavy atom. The molecule has 0 aromatic heterocycles. The van der Waals surface area contributed by atoms with E-state index in [1.165, 1.54) is 6.07 Å². The van der Waals surface area contributed by atoms with E-state index in [9.17, 15) is 14.0 Å². The molecule has 2 amide bonds. The van der Waals surface area contributed by atoms with Crippen molar-refractivity contribution in [1.82, 2.24) is 0 Å². The van der Waals surface area contributed by atoms with Crippen molar-refractivity contribution in [2.24, 2.45) is 5.92 Å². The van der Waals surface area contributed by atoms with Gasteiger partial charge in [0.25, 0.3) is 5.91 Å². The molecule has 2 aromatic carbocycles. The van der Waals surface area contributed by atoms with Gasteiger partial charge in [0.05, 0.1) is 15.6 Å². The monoisotopic (exact) mass is 366 g/mol. The first kappa shape index (κ1) is 16.7. The Bertz CT molecular complexity index is 822. The van der Waals surface area contributed by atoms with Crippen LogP contribution in [0.3, 0.4) is 0 Å². The van der Waals surface area contributed by atoms with Crippen molar-refractivity contribution in [3.05, 3.63) is 57.8 Å². The number of carbonyl (C=O) groups is 2. The summed E-state index contributed by atoms with van der Waals surface area (Å²) in [6, 6.07) is 8.87. The Labute approximate surface area is 148 Å². The normalized spacial score (nSPS) is 13.5. The molecule has 2 aromatic rings. The summed E-state index contributed by atoms with van der Waals surface area (Å²) in [7, 11) is 0. The Kier molecular flexibility index (Phi) is 4.73. The standard InChI is InChI=1S/C17H13Cl2FN2O2/c18-13-8-14(19)15(20)7-12(13)17(24)22-11-3-1-2-10(6-11)21-16(23)9-4-5-9/h1-3,6-9H,4-5H2,(H,21,23)(H,22,24).